The van der Waals surface area contributed by atoms with Crippen molar-refractivity contribution in [3.8, 4) is 0 Å². The van der Waals surface area contributed by atoms with E-state index in [1.807, 2.05) is 19.9 Å². The molecule has 0 radical (unpaired) electrons. The molecule has 0 heterocycles. The molecule has 0 aromatic heterocycles. The Morgan fingerprint density at radius 2 is 2.07 bits per heavy atom. The molecule has 1 saturated carbocycles. The molecule has 0 aliphatic heterocycles. The molecule has 1 N–H and O–H groups in total. The van der Waals surface area contributed by atoms with Crippen LogP contribution in [-0.4, -0.2) is 47.6 Å². The fourth-order valence-electron chi connectivity index (χ4n) is 3.03. The van der Waals surface area contributed by atoms with Gasteiger partial charge in [-0.05, 0) is 31.7 Å². The molecule has 0 bridgehead atoms. The lowest BCUT2D eigenvalue weighted by Crippen LogP contribution is -2.45. The average molecular weight is 423 g/mol. The van der Waals surface area contributed by atoms with Crippen molar-refractivity contribution in [3.63, 3.8) is 0 Å². The van der Waals surface area contributed by atoms with Crippen LogP contribution in [0.4, 0.5) is 4.39 Å². The van der Waals surface area contributed by atoms with Crippen LogP contribution < -0.4 is 5.32 Å². The SMILES string of the molecule is C=NN(CC(=O)N(CC(=O)NCc1cccc(Cl)c1F)C1CC1)/C(=C/CC)CC. The van der Waals surface area contributed by atoms with Crippen molar-refractivity contribution in [3.05, 3.63) is 46.4 Å². The number of nitrogens with one attached hydrogen (secondary N) is 1. The van der Waals surface area contributed by atoms with E-state index in [1.165, 1.54) is 6.07 Å². The number of nitrogens with zero attached hydrogens (tertiary/aromatic N) is 3. The van der Waals surface area contributed by atoms with Gasteiger partial charge in [0.15, 0.2) is 0 Å². The lowest BCUT2D eigenvalue weighted by Gasteiger charge is -2.26. The van der Waals surface area contributed by atoms with Crippen LogP contribution in [-0.2, 0) is 16.1 Å². The summed E-state index contributed by atoms with van der Waals surface area (Å²) in [6, 6.07) is 4.69. The highest BCUT2D eigenvalue weighted by molar-refractivity contribution is 6.30. The second-order valence-corrected chi connectivity index (χ2v) is 7.31. The summed E-state index contributed by atoms with van der Waals surface area (Å²) in [5.74, 6) is -1.07. The number of hydrogen-bond donors (Lipinski definition) is 1. The fraction of sp³-hybridized carbons (Fsp3) is 0.476. The average Bonchev–Trinajstić information content (AvgIpc) is 3.54. The topological polar surface area (TPSA) is 65.0 Å². The minimum absolute atomic E-state index is 0.00964. The van der Waals surface area contributed by atoms with Crippen LogP contribution in [0.2, 0.25) is 5.02 Å². The summed E-state index contributed by atoms with van der Waals surface area (Å²) >= 11 is 5.76. The van der Waals surface area contributed by atoms with Crippen molar-refractivity contribution in [1.82, 2.24) is 15.2 Å². The van der Waals surface area contributed by atoms with Gasteiger partial charge in [-0.15, -0.1) is 0 Å². The molecule has 1 fully saturated rings. The van der Waals surface area contributed by atoms with Crippen LogP contribution in [0.15, 0.2) is 35.1 Å². The first kappa shape index (κ1) is 22.9. The number of amides is 2. The van der Waals surface area contributed by atoms with Crippen LogP contribution in [0.25, 0.3) is 0 Å². The van der Waals surface area contributed by atoms with Crippen molar-refractivity contribution in [2.24, 2.45) is 5.10 Å². The predicted octanol–water partition coefficient (Wildman–Crippen LogP) is 3.71. The van der Waals surface area contributed by atoms with Gasteiger partial charge in [-0.2, -0.15) is 5.10 Å². The minimum atomic E-state index is -0.549. The van der Waals surface area contributed by atoms with Crippen molar-refractivity contribution in [1.29, 1.82) is 0 Å². The number of allylic oxidation sites excluding steroid dienone is 2. The zero-order valence-corrected chi connectivity index (χ0v) is 17.7. The van der Waals surface area contributed by atoms with Gasteiger partial charge in [-0.3, -0.25) is 14.6 Å². The maximum atomic E-state index is 14.0. The molecule has 8 heteroatoms. The van der Waals surface area contributed by atoms with Gasteiger partial charge in [0.1, 0.15) is 12.4 Å². The third-order valence-corrected chi connectivity index (χ3v) is 5.01. The van der Waals surface area contributed by atoms with Crippen LogP contribution in [0, 0.1) is 5.82 Å². The Balaban J connectivity index is 1.97. The van der Waals surface area contributed by atoms with E-state index in [1.54, 1.807) is 22.0 Å². The van der Waals surface area contributed by atoms with Gasteiger partial charge in [-0.1, -0.05) is 43.7 Å². The molecule has 6 nitrogen and oxygen atoms in total. The molecule has 1 aromatic rings. The first-order valence-corrected chi connectivity index (χ1v) is 10.2. The van der Waals surface area contributed by atoms with Crippen molar-refractivity contribution < 1.29 is 14.0 Å². The second-order valence-electron chi connectivity index (χ2n) is 6.90. The van der Waals surface area contributed by atoms with E-state index in [-0.39, 0.29) is 42.5 Å². The second kappa shape index (κ2) is 11.0. The number of carbonyl (C=O) groups is 2. The quantitative estimate of drug-likeness (QED) is 0.436. The summed E-state index contributed by atoms with van der Waals surface area (Å²) in [7, 11) is 0. The molecule has 1 aromatic carbocycles. The summed E-state index contributed by atoms with van der Waals surface area (Å²) in [6.07, 6.45) is 5.31. The molecule has 0 spiro atoms. The first-order valence-electron chi connectivity index (χ1n) is 9.83. The largest absolute Gasteiger partial charge is 0.350 e. The lowest BCUT2D eigenvalue weighted by atomic mass is 10.2. The Morgan fingerprint density at radius 3 is 2.66 bits per heavy atom. The molecule has 158 valence electrons. The normalized spacial score (nSPS) is 13.7. The Hall–Kier alpha value is -2.41. The number of rotatable bonds is 11. The minimum Gasteiger partial charge on any atom is -0.350 e. The van der Waals surface area contributed by atoms with Crippen molar-refractivity contribution in [2.75, 3.05) is 13.1 Å². The van der Waals surface area contributed by atoms with Gasteiger partial charge in [0.25, 0.3) is 0 Å². The lowest BCUT2D eigenvalue weighted by molar-refractivity contribution is -0.137. The Bertz CT molecular complexity index is 780. The molecule has 0 saturated heterocycles. The van der Waals surface area contributed by atoms with Gasteiger partial charge in [-0.25, -0.2) is 4.39 Å². The highest BCUT2D eigenvalue weighted by Gasteiger charge is 2.34. The maximum absolute atomic E-state index is 14.0. The highest BCUT2D eigenvalue weighted by atomic mass is 35.5. The third-order valence-electron chi connectivity index (χ3n) is 4.72. The first-order chi connectivity index (χ1) is 13.9. The number of benzene rings is 1. The Morgan fingerprint density at radius 1 is 1.34 bits per heavy atom. The summed E-state index contributed by atoms with van der Waals surface area (Å²) < 4.78 is 14.0. The van der Waals surface area contributed by atoms with Crippen LogP contribution >= 0.6 is 11.6 Å². The van der Waals surface area contributed by atoms with Crippen LogP contribution in [0.5, 0.6) is 0 Å². The summed E-state index contributed by atoms with van der Waals surface area (Å²) in [4.78, 5) is 26.8. The van der Waals surface area contributed by atoms with E-state index in [9.17, 15) is 14.0 Å². The summed E-state index contributed by atoms with van der Waals surface area (Å²) in [5.41, 5.74) is 1.22. The van der Waals surface area contributed by atoms with E-state index in [0.29, 0.717) is 5.56 Å². The van der Waals surface area contributed by atoms with E-state index in [0.717, 1.165) is 31.4 Å². The Labute approximate surface area is 176 Å². The smallest absolute Gasteiger partial charge is 0.245 e. The molecular weight excluding hydrogens is 395 g/mol. The molecule has 2 rings (SSSR count). The van der Waals surface area contributed by atoms with E-state index in [4.69, 9.17) is 11.6 Å². The van der Waals surface area contributed by atoms with Crippen molar-refractivity contribution in [2.45, 2.75) is 52.1 Å². The number of hydrazone groups is 1. The molecule has 2 amide bonds. The van der Waals surface area contributed by atoms with Crippen LogP contribution in [0.1, 0.15) is 45.1 Å². The summed E-state index contributed by atoms with van der Waals surface area (Å²) in [5, 5.41) is 8.22. The highest BCUT2D eigenvalue weighted by Crippen LogP contribution is 2.27. The number of halogens is 2. The standard InChI is InChI=1S/C21H28ClFN4O2/c1-4-7-16(5-2)27(24-3)14-20(29)26(17-10-11-17)13-19(28)25-12-15-8-6-9-18(22)21(15)23/h6-9,17H,3-5,10-14H2,1-2H3,(H,25,28)/b16-7+. The van der Waals surface area contributed by atoms with Gasteiger partial charge in [0, 0.05) is 30.6 Å². The molecule has 0 unspecified atom stereocenters. The number of hydrogen-bond acceptors (Lipinski definition) is 4. The maximum Gasteiger partial charge on any atom is 0.245 e. The Kier molecular flexibility index (Phi) is 8.64. The van der Waals surface area contributed by atoms with Crippen LogP contribution in [0.3, 0.4) is 0 Å². The van der Waals surface area contributed by atoms with E-state index < -0.39 is 5.82 Å². The number of carbonyl (C=O) groups excluding carboxylic acids is 2. The monoisotopic (exact) mass is 422 g/mol. The molecular formula is C21H28ClFN4O2. The predicted molar refractivity (Wildman–Crippen MR) is 113 cm³/mol. The molecule has 0 atom stereocenters. The van der Waals surface area contributed by atoms with Gasteiger partial charge < -0.3 is 10.2 Å². The van der Waals surface area contributed by atoms with E-state index >= 15 is 0 Å². The fourth-order valence-corrected chi connectivity index (χ4v) is 3.22. The zero-order valence-electron chi connectivity index (χ0n) is 17.0. The van der Waals surface area contributed by atoms with Gasteiger partial charge in [0.05, 0.1) is 11.6 Å². The van der Waals surface area contributed by atoms with Crippen molar-refractivity contribution >= 4 is 30.1 Å². The zero-order chi connectivity index (χ0) is 21.4. The third kappa shape index (κ3) is 6.56. The summed E-state index contributed by atoms with van der Waals surface area (Å²) in [6.45, 7) is 7.55. The molecule has 1 aliphatic rings. The van der Waals surface area contributed by atoms with Gasteiger partial charge in [0.2, 0.25) is 11.8 Å². The van der Waals surface area contributed by atoms with Gasteiger partial charge >= 0.3 is 0 Å². The van der Waals surface area contributed by atoms with E-state index in [2.05, 4.69) is 17.1 Å². The molecule has 1 aliphatic carbocycles. The molecule has 29 heavy (non-hydrogen) atoms.